The number of sulfonamides is 1. The second-order valence-electron chi connectivity index (χ2n) is 3.83. The molecule has 2 heterocycles. The average molecular weight is 365 g/mol. The number of rotatable bonds is 5. The van der Waals surface area contributed by atoms with Crippen LogP contribution >= 0.6 is 27.3 Å². The van der Waals surface area contributed by atoms with Gasteiger partial charge in [0.1, 0.15) is 10.7 Å². The summed E-state index contributed by atoms with van der Waals surface area (Å²) in [7, 11) is -1.76. The first-order valence-electron chi connectivity index (χ1n) is 5.38. The summed E-state index contributed by atoms with van der Waals surface area (Å²) in [5.41, 5.74) is 5.51. The Bertz CT molecular complexity index is 678. The number of halogens is 1. The van der Waals surface area contributed by atoms with Gasteiger partial charge in [0, 0.05) is 30.9 Å². The third-order valence-corrected chi connectivity index (χ3v) is 6.21. The number of thiophene rings is 1. The van der Waals surface area contributed by atoms with E-state index in [1.165, 1.54) is 11.3 Å². The van der Waals surface area contributed by atoms with E-state index < -0.39 is 10.0 Å². The summed E-state index contributed by atoms with van der Waals surface area (Å²) >= 11 is 4.57. The molecule has 0 radical (unpaired) electrons. The Morgan fingerprint density at radius 2 is 2.32 bits per heavy atom. The quantitative estimate of drug-likeness (QED) is 0.833. The van der Waals surface area contributed by atoms with Gasteiger partial charge in [0.05, 0.1) is 10.3 Å². The third kappa shape index (κ3) is 3.23. The lowest BCUT2D eigenvalue weighted by molar-refractivity contribution is 0.577. The van der Waals surface area contributed by atoms with Crippen LogP contribution in [-0.2, 0) is 30.2 Å². The monoisotopic (exact) mass is 364 g/mol. The molecular weight excluding hydrogens is 352 g/mol. The molecule has 0 amide bonds. The van der Waals surface area contributed by atoms with Gasteiger partial charge in [0.2, 0.25) is 10.0 Å². The molecule has 0 fully saturated rings. The highest BCUT2D eigenvalue weighted by molar-refractivity contribution is 9.11. The fourth-order valence-corrected chi connectivity index (χ4v) is 5.03. The van der Waals surface area contributed by atoms with Gasteiger partial charge in [-0.15, -0.1) is 11.3 Å². The summed E-state index contributed by atoms with van der Waals surface area (Å²) in [6.45, 7) is 0.463. The van der Waals surface area contributed by atoms with Gasteiger partial charge in [-0.05, 0) is 22.0 Å². The largest absolute Gasteiger partial charge is 0.337 e. The number of nitrogens with zero attached hydrogens (tertiary/aromatic N) is 2. The van der Waals surface area contributed by atoms with Crippen molar-refractivity contribution in [2.75, 3.05) is 0 Å². The molecule has 0 aromatic carbocycles. The zero-order valence-corrected chi connectivity index (χ0v) is 13.3. The lowest BCUT2D eigenvalue weighted by Gasteiger charge is -2.05. The van der Waals surface area contributed by atoms with Crippen LogP contribution in [0, 0.1) is 0 Å². The second-order valence-corrected chi connectivity index (χ2v) is 8.02. The summed E-state index contributed by atoms with van der Waals surface area (Å²) < 4.78 is 29.2. The number of aryl methyl sites for hydroxylation is 1. The van der Waals surface area contributed by atoms with Crippen molar-refractivity contribution in [3.05, 3.63) is 32.9 Å². The maximum atomic E-state index is 12.2. The van der Waals surface area contributed by atoms with Crippen molar-refractivity contribution in [3.63, 3.8) is 0 Å². The van der Waals surface area contributed by atoms with Gasteiger partial charge in [-0.2, -0.15) is 0 Å². The molecule has 0 aliphatic rings. The van der Waals surface area contributed by atoms with Crippen molar-refractivity contribution in [1.82, 2.24) is 14.3 Å². The fourth-order valence-electron chi connectivity index (χ4n) is 1.49. The minimum Gasteiger partial charge on any atom is -0.337 e. The van der Waals surface area contributed by atoms with E-state index in [1.807, 2.05) is 7.05 Å². The van der Waals surface area contributed by atoms with Crippen molar-refractivity contribution in [2.24, 2.45) is 12.8 Å². The van der Waals surface area contributed by atoms with E-state index >= 15 is 0 Å². The number of imidazole rings is 1. The van der Waals surface area contributed by atoms with Crippen LogP contribution in [0.2, 0.25) is 0 Å². The molecule has 0 saturated carbocycles. The van der Waals surface area contributed by atoms with Gasteiger partial charge >= 0.3 is 0 Å². The molecule has 0 unspecified atom stereocenters. The summed E-state index contributed by atoms with van der Waals surface area (Å²) in [5.74, 6) is 0.647. The van der Waals surface area contributed by atoms with E-state index in [2.05, 4.69) is 25.6 Å². The molecule has 0 aliphatic carbocycles. The van der Waals surface area contributed by atoms with Crippen LogP contribution in [0.25, 0.3) is 0 Å². The summed E-state index contributed by atoms with van der Waals surface area (Å²) in [6.07, 6.45) is 3.38. The smallest absolute Gasteiger partial charge is 0.242 e. The first-order chi connectivity index (χ1) is 8.94. The summed E-state index contributed by atoms with van der Waals surface area (Å²) in [6, 6.07) is 1.58. The van der Waals surface area contributed by atoms with Crippen LogP contribution in [0.5, 0.6) is 0 Å². The first kappa shape index (κ1) is 14.7. The topological polar surface area (TPSA) is 90.0 Å². The van der Waals surface area contributed by atoms with Gasteiger partial charge in [0.25, 0.3) is 0 Å². The first-order valence-corrected chi connectivity index (χ1v) is 8.47. The van der Waals surface area contributed by atoms with Crippen molar-refractivity contribution in [3.8, 4) is 0 Å². The Labute approximate surface area is 123 Å². The number of hydrogen-bond donors (Lipinski definition) is 2. The van der Waals surface area contributed by atoms with Gasteiger partial charge in [-0.1, -0.05) is 0 Å². The van der Waals surface area contributed by atoms with Gasteiger partial charge in [-0.3, -0.25) is 0 Å². The van der Waals surface area contributed by atoms with E-state index in [-0.39, 0.29) is 11.4 Å². The normalized spacial score (nSPS) is 11.9. The van der Waals surface area contributed by atoms with Crippen molar-refractivity contribution < 1.29 is 8.42 Å². The number of nitrogens with two attached hydrogens (primary N) is 1. The molecule has 0 saturated heterocycles. The SMILES string of the molecule is Cn1ccnc1CNS(=O)(=O)c1cc(CN)sc1Br. The lowest BCUT2D eigenvalue weighted by atomic mass is 10.5. The molecule has 9 heteroatoms. The van der Waals surface area contributed by atoms with Crippen LogP contribution in [0.4, 0.5) is 0 Å². The molecule has 0 spiro atoms. The Morgan fingerprint density at radius 3 is 2.84 bits per heavy atom. The maximum Gasteiger partial charge on any atom is 0.242 e. The highest BCUT2D eigenvalue weighted by Gasteiger charge is 2.20. The van der Waals surface area contributed by atoms with Gasteiger partial charge in [0.15, 0.2) is 0 Å². The van der Waals surface area contributed by atoms with Crippen LogP contribution in [0.3, 0.4) is 0 Å². The average Bonchev–Trinajstić information content (AvgIpc) is 2.93. The molecule has 19 heavy (non-hydrogen) atoms. The second kappa shape index (κ2) is 5.71. The van der Waals surface area contributed by atoms with Gasteiger partial charge in [-0.25, -0.2) is 18.1 Å². The van der Waals surface area contributed by atoms with E-state index in [9.17, 15) is 8.42 Å². The Hall–Kier alpha value is -0.740. The van der Waals surface area contributed by atoms with E-state index in [4.69, 9.17) is 5.73 Å². The molecule has 2 aromatic rings. The van der Waals surface area contributed by atoms with Crippen LogP contribution in [0.1, 0.15) is 10.7 Å². The summed E-state index contributed by atoms with van der Waals surface area (Å²) in [5, 5.41) is 0. The number of hydrogen-bond acceptors (Lipinski definition) is 5. The maximum absolute atomic E-state index is 12.2. The molecule has 0 atom stereocenters. The Kier molecular flexibility index (Phi) is 4.41. The Balaban J connectivity index is 2.18. The minimum absolute atomic E-state index is 0.145. The molecule has 2 rings (SSSR count). The van der Waals surface area contributed by atoms with Crippen molar-refractivity contribution in [1.29, 1.82) is 0 Å². The zero-order chi connectivity index (χ0) is 14.0. The molecule has 6 nitrogen and oxygen atoms in total. The fraction of sp³-hybridized carbons (Fsp3) is 0.300. The molecule has 2 aromatic heterocycles. The van der Waals surface area contributed by atoms with Crippen molar-refractivity contribution in [2.45, 2.75) is 18.0 Å². The predicted molar refractivity (Wildman–Crippen MR) is 77.1 cm³/mol. The highest BCUT2D eigenvalue weighted by Crippen LogP contribution is 2.31. The number of aromatic nitrogens is 2. The van der Waals surface area contributed by atoms with E-state index in [0.717, 1.165) is 4.88 Å². The molecule has 104 valence electrons. The zero-order valence-electron chi connectivity index (χ0n) is 10.1. The molecule has 3 N–H and O–H groups in total. The molecular formula is C10H13BrN4O2S2. The van der Waals surface area contributed by atoms with Crippen LogP contribution in [0.15, 0.2) is 27.1 Å². The highest BCUT2D eigenvalue weighted by atomic mass is 79.9. The van der Waals surface area contributed by atoms with Crippen LogP contribution in [-0.4, -0.2) is 18.0 Å². The van der Waals surface area contributed by atoms with Gasteiger partial charge < -0.3 is 10.3 Å². The number of nitrogens with one attached hydrogen (secondary N) is 1. The molecule has 0 aliphatic heterocycles. The lowest BCUT2D eigenvalue weighted by Crippen LogP contribution is -2.24. The molecule has 0 bridgehead atoms. The summed E-state index contributed by atoms with van der Waals surface area (Å²) in [4.78, 5) is 5.09. The standard InChI is InChI=1S/C10H13BrN4O2S2/c1-15-3-2-13-9(15)6-14-19(16,17)8-4-7(5-12)18-10(8)11/h2-4,14H,5-6,12H2,1H3. The van der Waals surface area contributed by atoms with E-state index in [1.54, 1.807) is 23.0 Å². The third-order valence-electron chi connectivity index (χ3n) is 2.54. The minimum atomic E-state index is -3.57. The van der Waals surface area contributed by atoms with Crippen LogP contribution < -0.4 is 10.5 Å². The predicted octanol–water partition coefficient (Wildman–Crippen LogP) is 1.18. The van der Waals surface area contributed by atoms with E-state index in [0.29, 0.717) is 16.2 Å². The van der Waals surface area contributed by atoms with Crippen molar-refractivity contribution >= 4 is 37.3 Å². The Morgan fingerprint density at radius 1 is 1.58 bits per heavy atom.